The molecule has 4 nitrogen and oxygen atoms in total. The fourth-order valence-electron chi connectivity index (χ4n) is 2.22. The Morgan fingerprint density at radius 2 is 1.86 bits per heavy atom. The molecule has 0 saturated carbocycles. The molecule has 2 rings (SSSR count). The summed E-state index contributed by atoms with van der Waals surface area (Å²) in [6.07, 6.45) is 3.49. The van der Waals surface area contributed by atoms with Gasteiger partial charge < -0.3 is 5.32 Å². The topological polar surface area (TPSA) is 45.2 Å². The molecule has 0 aliphatic heterocycles. The van der Waals surface area contributed by atoms with Crippen LogP contribution in [0.4, 0.5) is 0 Å². The van der Waals surface area contributed by atoms with E-state index < -0.39 is 0 Å². The Kier molecular flexibility index (Phi) is 6.58. The minimum Gasteiger partial charge on any atom is -0.355 e. The summed E-state index contributed by atoms with van der Waals surface area (Å²) in [6.45, 7) is 1.93. The zero-order chi connectivity index (χ0) is 15.6. The normalized spacial score (nSPS) is 10.6. The Morgan fingerprint density at radius 3 is 2.59 bits per heavy atom. The molecule has 0 fully saturated rings. The molecule has 0 atom stereocenters. The van der Waals surface area contributed by atoms with Gasteiger partial charge in [-0.1, -0.05) is 36.4 Å². The van der Waals surface area contributed by atoms with Gasteiger partial charge in [-0.15, -0.1) is 0 Å². The maximum atomic E-state index is 11.9. The number of carbonyl (C=O) groups excluding carboxylic acids is 1. The quantitative estimate of drug-likeness (QED) is 0.809. The van der Waals surface area contributed by atoms with Gasteiger partial charge in [0.2, 0.25) is 5.91 Å². The van der Waals surface area contributed by atoms with Crippen LogP contribution in [0.2, 0.25) is 0 Å². The van der Waals surface area contributed by atoms with E-state index in [0.29, 0.717) is 13.1 Å². The highest BCUT2D eigenvalue weighted by molar-refractivity contribution is 5.77. The van der Waals surface area contributed by atoms with Crippen molar-refractivity contribution < 1.29 is 4.79 Å². The zero-order valence-corrected chi connectivity index (χ0v) is 13.0. The summed E-state index contributed by atoms with van der Waals surface area (Å²) in [5, 5.41) is 2.94. The summed E-state index contributed by atoms with van der Waals surface area (Å²) in [4.78, 5) is 18.2. The molecule has 1 aromatic heterocycles. The van der Waals surface area contributed by atoms with E-state index in [1.54, 1.807) is 6.20 Å². The number of carbonyl (C=O) groups is 1. The van der Waals surface area contributed by atoms with Gasteiger partial charge in [-0.2, -0.15) is 0 Å². The maximum Gasteiger partial charge on any atom is 0.234 e. The van der Waals surface area contributed by atoms with Crippen LogP contribution in [-0.4, -0.2) is 42.5 Å². The van der Waals surface area contributed by atoms with Crippen molar-refractivity contribution in [2.45, 2.75) is 12.8 Å². The minimum absolute atomic E-state index is 0.0616. The van der Waals surface area contributed by atoms with Gasteiger partial charge in [-0.3, -0.25) is 14.7 Å². The molecular formula is C18H23N3O. The van der Waals surface area contributed by atoms with E-state index in [4.69, 9.17) is 0 Å². The third kappa shape index (κ3) is 6.06. The van der Waals surface area contributed by atoms with Crippen molar-refractivity contribution in [1.29, 1.82) is 0 Å². The summed E-state index contributed by atoms with van der Waals surface area (Å²) < 4.78 is 0. The van der Waals surface area contributed by atoms with E-state index in [1.807, 2.05) is 48.3 Å². The lowest BCUT2D eigenvalue weighted by Crippen LogP contribution is -2.37. The molecule has 1 N–H and O–H groups in total. The lowest BCUT2D eigenvalue weighted by molar-refractivity contribution is -0.121. The fourth-order valence-corrected chi connectivity index (χ4v) is 2.22. The van der Waals surface area contributed by atoms with Gasteiger partial charge in [0.05, 0.1) is 6.54 Å². The number of nitrogens with zero attached hydrogens (tertiary/aromatic N) is 2. The minimum atomic E-state index is 0.0616. The highest BCUT2D eigenvalue weighted by Crippen LogP contribution is 2.00. The van der Waals surface area contributed by atoms with Gasteiger partial charge in [0.25, 0.3) is 0 Å². The number of pyridine rings is 1. The molecule has 0 bridgehead atoms. The molecule has 4 heteroatoms. The Bertz CT molecular complexity index is 557. The van der Waals surface area contributed by atoms with Gasteiger partial charge in [0, 0.05) is 31.4 Å². The van der Waals surface area contributed by atoms with Crippen LogP contribution < -0.4 is 5.32 Å². The summed E-state index contributed by atoms with van der Waals surface area (Å²) in [5.74, 6) is 0.0616. The molecule has 0 saturated heterocycles. The smallest absolute Gasteiger partial charge is 0.234 e. The number of benzene rings is 1. The summed E-state index contributed by atoms with van der Waals surface area (Å²) in [6, 6.07) is 16.1. The number of hydrogen-bond acceptors (Lipinski definition) is 3. The molecule has 0 spiro atoms. The lowest BCUT2D eigenvalue weighted by Gasteiger charge is -2.16. The highest BCUT2D eigenvalue weighted by Gasteiger charge is 2.06. The number of amides is 1. The number of aromatic nitrogens is 1. The van der Waals surface area contributed by atoms with Crippen molar-refractivity contribution in [1.82, 2.24) is 15.2 Å². The third-order valence-corrected chi connectivity index (χ3v) is 3.47. The van der Waals surface area contributed by atoms with Crippen molar-refractivity contribution in [2.75, 3.05) is 26.7 Å². The molecule has 22 heavy (non-hydrogen) atoms. The van der Waals surface area contributed by atoms with E-state index >= 15 is 0 Å². The summed E-state index contributed by atoms with van der Waals surface area (Å²) in [7, 11) is 1.97. The Morgan fingerprint density at radius 1 is 1.09 bits per heavy atom. The van der Waals surface area contributed by atoms with Gasteiger partial charge in [-0.25, -0.2) is 0 Å². The van der Waals surface area contributed by atoms with E-state index in [1.165, 1.54) is 5.56 Å². The van der Waals surface area contributed by atoms with Gasteiger partial charge in [-0.05, 0) is 31.2 Å². The molecule has 1 heterocycles. The third-order valence-electron chi connectivity index (χ3n) is 3.47. The standard InChI is InChI=1S/C18H23N3O/c1-21(14-11-16-7-3-2-4-8-16)15-18(22)20-13-10-17-9-5-6-12-19-17/h2-9,12H,10-11,13-15H2,1H3,(H,20,22). The molecule has 1 aromatic carbocycles. The lowest BCUT2D eigenvalue weighted by atomic mass is 10.1. The van der Waals surface area contributed by atoms with Crippen LogP contribution in [0.3, 0.4) is 0 Å². The number of nitrogens with one attached hydrogen (secondary N) is 1. The molecule has 0 unspecified atom stereocenters. The monoisotopic (exact) mass is 297 g/mol. The maximum absolute atomic E-state index is 11.9. The van der Waals surface area contributed by atoms with Crippen LogP contribution in [-0.2, 0) is 17.6 Å². The van der Waals surface area contributed by atoms with E-state index in [0.717, 1.165) is 25.1 Å². The average Bonchev–Trinajstić information content (AvgIpc) is 2.55. The number of rotatable bonds is 8. The molecule has 0 aliphatic carbocycles. The second-order valence-electron chi connectivity index (χ2n) is 5.39. The number of hydrogen-bond donors (Lipinski definition) is 1. The average molecular weight is 297 g/mol. The molecule has 0 radical (unpaired) electrons. The van der Waals surface area contributed by atoms with Crippen LogP contribution in [0.1, 0.15) is 11.3 Å². The van der Waals surface area contributed by atoms with Gasteiger partial charge in [0.15, 0.2) is 0 Å². The Hall–Kier alpha value is -2.20. The van der Waals surface area contributed by atoms with Crippen molar-refractivity contribution >= 4 is 5.91 Å². The van der Waals surface area contributed by atoms with Crippen molar-refractivity contribution in [3.05, 3.63) is 66.0 Å². The largest absolute Gasteiger partial charge is 0.355 e. The first kappa shape index (κ1) is 16.2. The van der Waals surface area contributed by atoms with Crippen molar-refractivity contribution in [3.63, 3.8) is 0 Å². The molecular weight excluding hydrogens is 274 g/mol. The van der Waals surface area contributed by atoms with E-state index in [9.17, 15) is 4.79 Å². The first-order valence-corrected chi connectivity index (χ1v) is 7.63. The first-order valence-electron chi connectivity index (χ1n) is 7.63. The molecule has 1 amide bonds. The predicted octanol–water partition coefficient (Wildman–Crippen LogP) is 1.91. The molecule has 116 valence electrons. The second-order valence-corrected chi connectivity index (χ2v) is 5.39. The Labute approximate surface area is 132 Å². The second kappa shape index (κ2) is 8.95. The van der Waals surface area contributed by atoms with Crippen LogP contribution in [0.15, 0.2) is 54.7 Å². The van der Waals surface area contributed by atoms with Gasteiger partial charge >= 0.3 is 0 Å². The van der Waals surface area contributed by atoms with Crippen molar-refractivity contribution in [2.24, 2.45) is 0 Å². The van der Waals surface area contributed by atoms with Gasteiger partial charge in [0.1, 0.15) is 0 Å². The van der Waals surface area contributed by atoms with E-state index in [-0.39, 0.29) is 5.91 Å². The molecule has 0 aliphatic rings. The SMILES string of the molecule is CN(CCc1ccccc1)CC(=O)NCCc1ccccn1. The highest BCUT2D eigenvalue weighted by atomic mass is 16.2. The number of likely N-dealkylation sites (N-methyl/N-ethyl adjacent to an activating group) is 1. The predicted molar refractivity (Wildman–Crippen MR) is 88.6 cm³/mol. The van der Waals surface area contributed by atoms with Crippen LogP contribution >= 0.6 is 0 Å². The zero-order valence-electron chi connectivity index (χ0n) is 13.0. The Balaban J connectivity index is 1.62. The van der Waals surface area contributed by atoms with Crippen LogP contribution in [0, 0.1) is 0 Å². The van der Waals surface area contributed by atoms with Crippen molar-refractivity contribution in [3.8, 4) is 0 Å². The van der Waals surface area contributed by atoms with Crippen LogP contribution in [0.25, 0.3) is 0 Å². The van der Waals surface area contributed by atoms with E-state index in [2.05, 4.69) is 22.4 Å². The summed E-state index contributed by atoms with van der Waals surface area (Å²) in [5.41, 5.74) is 2.30. The fraction of sp³-hybridized carbons (Fsp3) is 0.333. The summed E-state index contributed by atoms with van der Waals surface area (Å²) >= 11 is 0. The first-order chi connectivity index (χ1) is 10.7. The molecule has 2 aromatic rings. The van der Waals surface area contributed by atoms with Crippen LogP contribution in [0.5, 0.6) is 0 Å².